The van der Waals surface area contributed by atoms with Crippen molar-refractivity contribution in [2.24, 2.45) is 5.92 Å². The topological polar surface area (TPSA) is 0 Å². The molecule has 2 aromatic heterocycles. The summed E-state index contributed by atoms with van der Waals surface area (Å²) < 4.78 is 0. The molecule has 28 heavy (non-hydrogen) atoms. The molecule has 0 spiro atoms. The second-order valence-corrected chi connectivity index (χ2v) is 15.0. The summed E-state index contributed by atoms with van der Waals surface area (Å²) in [6.07, 6.45) is 5.35. The van der Waals surface area contributed by atoms with Gasteiger partial charge in [0.15, 0.2) is 8.07 Å². The van der Waals surface area contributed by atoms with Crippen molar-refractivity contribution < 1.29 is 0 Å². The summed E-state index contributed by atoms with van der Waals surface area (Å²) in [5.74, 6) is 0.826. The van der Waals surface area contributed by atoms with E-state index in [4.69, 9.17) is 0 Å². The van der Waals surface area contributed by atoms with E-state index in [1.54, 1.807) is 25.3 Å². The first-order valence-corrected chi connectivity index (χ1v) is 14.6. The lowest BCUT2D eigenvalue weighted by Crippen LogP contribution is -2.65. The van der Waals surface area contributed by atoms with Gasteiger partial charge in [0.2, 0.25) is 0 Å². The maximum Gasteiger partial charge on any atom is 0.152 e. The number of hydrogen-bond donors (Lipinski definition) is 0. The normalized spacial score (nSPS) is 15.5. The minimum Gasteiger partial charge on any atom is -0.140 e. The van der Waals surface area contributed by atoms with Crippen LogP contribution in [0.1, 0.15) is 54.8 Å². The first-order valence-electron chi connectivity index (χ1n) is 10.8. The standard InChI is InChI=1S/C25H32S2Si/c1-6-8-9-20(7-2)16-28(21-12-10-17(3)11-13-21)22-14-18(4)26-24(22)25-23(28)15-19(5)27-25/h10-15,20H,6-9,16H2,1-5H3. The third-order valence-electron chi connectivity index (χ3n) is 6.52. The van der Waals surface area contributed by atoms with Crippen LogP contribution < -0.4 is 15.6 Å². The quantitative estimate of drug-likeness (QED) is 0.385. The molecule has 1 aliphatic rings. The zero-order valence-electron chi connectivity index (χ0n) is 17.9. The maximum atomic E-state index is 2.56. The highest BCUT2D eigenvalue weighted by atomic mass is 32.1. The second kappa shape index (κ2) is 7.93. The second-order valence-electron chi connectivity index (χ2n) is 8.59. The van der Waals surface area contributed by atoms with Gasteiger partial charge in [-0.3, -0.25) is 0 Å². The van der Waals surface area contributed by atoms with E-state index in [1.807, 2.05) is 22.7 Å². The van der Waals surface area contributed by atoms with E-state index in [-0.39, 0.29) is 0 Å². The molecule has 0 amide bonds. The molecule has 3 heterocycles. The van der Waals surface area contributed by atoms with Gasteiger partial charge >= 0.3 is 0 Å². The average Bonchev–Trinajstić information content (AvgIpc) is 3.31. The smallest absolute Gasteiger partial charge is 0.140 e. The molecule has 0 bridgehead atoms. The van der Waals surface area contributed by atoms with Crippen molar-refractivity contribution in [3.63, 3.8) is 0 Å². The predicted molar refractivity (Wildman–Crippen MR) is 131 cm³/mol. The highest BCUT2D eigenvalue weighted by molar-refractivity contribution is 7.31. The Morgan fingerprint density at radius 2 is 1.43 bits per heavy atom. The molecule has 0 aliphatic carbocycles. The van der Waals surface area contributed by atoms with Gasteiger partial charge in [-0.05, 0) is 60.4 Å². The number of rotatable bonds is 7. The molecule has 3 heteroatoms. The lowest BCUT2D eigenvalue weighted by molar-refractivity contribution is 0.488. The van der Waals surface area contributed by atoms with E-state index < -0.39 is 8.07 Å². The van der Waals surface area contributed by atoms with Gasteiger partial charge in [0.25, 0.3) is 0 Å². The SMILES string of the molecule is CCCCC(CC)C[Si]1(c2ccc(C)cc2)c2cc(C)sc2-c2sc(C)cc21. The summed E-state index contributed by atoms with van der Waals surface area (Å²) in [6, 6.07) is 16.1. The van der Waals surface area contributed by atoms with Crippen molar-refractivity contribution in [1.82, 2.24) is 0 Å². The van der Waals surface area contributed by atoms with Gasteiger partial charge in [0, 0.05) is 19.5 Å². The number of fused-ring (bicyclic) bond motifs is 3. The zero-order chi connectivity index (χ0) is 19.9. The number of benzene rings is 1. The predicted octanol–water partition coefficient (Wildman–Crippen LogP) is 6.40. The summed E-state index contributed by atoms with van der Waals surface area (Å²) in [5, 5.41) is 5.06. The Balaban J connectivity index is 1.94. The largest absolute Gasteiger partial charge is 0.152 e. The number of unbranched alkanes of at least 4 members (excludes halogenated alkanes) is 1. The molecule has 1 atom stereocenters. The highest BCUT2D eigenvalue weighted by Gasteiger charge is 2.50. The minimum absolute atomic E-state index is 0.826. The third kappa shape index (κ3) is 3.26. The van der Waals surface area contributed by atoms with Crippen LogP contribution in [0.25, 0.3) is 9.75 Å². The van der Waals surface area contributed by atoms with Crippen LogP contribution in [-0.2, 0) is 0 Å². The first-order chi connectivity index (χ1) is 13.5. The van der Waals surface area contributed by atoms with Crippen LogP contribution in [0.5, 0.6) is 0 Å². The van der Waals surface area contributed by atoms with Gasteiger partial charge in [-0.1, -0.05) is 69.4 Å². The van der Waals surface area contributed by atoms with Crippen LogP contribution in [0.2, 0.25) is 6.04 Å². The Kier molecular flexibility index (Phi) is 5.70. The van der Waals surface area contributed by atoms with E-state index in [0.717, 1.165) is 5.92 Å². The number of hydrogen-bond acceptors (Lipinski definition) is 2. The Hall–Kier alpha value is -1.16. The molecule has 0 fully saturated rings. The first kappa shape index (κ1) is 20.1. The van der Waals surface area contributed by atoms with Crippen LogP contribution in [-0.4, -0.2) is 8.07 Å². The fourth-order valence-corrected chi connectivity index (χ4v) is 14.4. The van der Waals surface area contributed by atoms with E-state index in [0.29, 0.717) is 0 Å². The van der Waals surface area contributed by atoms with E-state index in [1.165, 1.54) is 47.0 Å². The lowest BCUT2D eigenvalue weighted by atomic mass is 10.0. The van der Waals surface area contributed by atoms with Gasteiger partial charge in [-0.25, -0.2) is 0 Å². The molecule has 0 N–H and O–H groups in total. The average molecular weight is 425 g/mol. The van der Waals surface area contributed by atoms with Gasteiger partial charge in [0.05, 0.1) is 0 Å². The molecule has 0 saturated carbocycles. The Morgan fingerprint density at radius 3 is 1.93 bits per heavy atom. The molecule has 1 unspecified atom stereocenters. The molecular weight excluding hydrogens is 392 g/mol. The number of aryl methyl sites for hydroxylation is 3. The Morgan fingerprint density at radius 1 is 0.857 bits per heavy atom. The summed E-state index contributed by atoms with van der Waals surface area (Å²) in [4.78, 5) is 6.16. The van der Waals surface area contributed by atoms with E-state index >= 15 is 0 Å². The molecule has 0 radical (unpaired) electrons. The molecule has 0 nitrogen and oxygen atoms in total. The minimum atomic E-state index is -1.94. The van der Waals surface area contributed by atoms with Gasteiger partial charge in [-0.2, -0.15) is 0 Å². The molecule has 148 valence electrons. The Labute approximate surface area is 179 Å². The van der Waals surface area contributed by atoms with Gasteiger partial charge in [-0.15, -0.1) is 22.7 Å². The molecular formula is C25H32S2Si. The monoisotopic (exact) mass is 424 g/mol. The van der Waals surface area contributed by atoms with E-state index in [9.17, 15) is 0 Å². The summed E-state index contributed by atoms with van der Waals surface area (Å²) in [7, 11) is -1.94. The van der Waals surface area contributed by atoms with Crippen molar-refractivity contribution in [2.75, 3.05) is 0 Å². The van der Waals surface area contributed by atoms with E-state index in [2.05, 4.69) is 71.0 Å². The fourth-order valence-electron chi connectivity index (χ4n) is 5.01. The highest BCUT2D eigenvalue weighted by Crippen LogP contribution is 2.41. The maximum absolute atomic E-state index is 2.56. The van der Waals surface area contributed by atoms with Crippen molar-refractivity contribution in [3.05, 3.63) is 51.7 Å². The molecule has 4 rings (SSSR count). The van der Waals surface area contributed by atoms with Crippen molar-refractivity contribution in [1.29, 1.82) is 0 Å². The van der Waals surface area contributed by atoms with Crippen molar-refractivity contribution in [3.8, 4) is 9.75 Å². The summed E-state index contributed by atoms with van der Waals surface area (Å²) in [6.45, 7) is 11.5. The summed E-state index contributed by atoms with van der Waals surface area (Å²) in [5.41, 5.74) is 1.37. The fraction of sp³-hybridized carbons (Fsp3) is 0.440. The van der Waals surface area contributed by atoms with Gasteiger partial charge < -0.3 is 0 Å². The van der Waals surface area contributed by atoms with Crippen LogP contribution in [0.3, 0.4) is 0 Å². The van der Waals surface area contributed by atoms with Gasteiger partial charge in [0.1, 0.15) is 0 Å². The van der Waals surface area contributed by atoms with Crippen LogP contribution in [0.15, 0.2) is 36.4 Å². The van der Waals surface area contributed by atoms with Crippen LogP contribution >= 0.6 is 22.7 Å². The van der Waals surface area contributed by atoms with Crippen molar-refractivity contribution in [2.45, 2.75) is 66.3 Å². The van der Waals surface area contributed by atoms with Crippen molar-refractivity contribution >= 4 is 46.3 Å². The van der Waals surface area contributed by atoms with Crippen LogP contribution in [0.4, 0.5) is 0 Å². The van der Waals surface area contributed by atoms with Crippen LogP contribution in [0, 0.1) is 26.7 Å². The lowest BCUT2D eigenvalue weighted by Gasteiger charge is -2.33. The molecule has 0 saturated heterocycles. The number of thiophene rings is 2. The Bertz CT molecular complexity index is 915. The molecule has 3 aromatic rings. The zero-order valence-corrected chi connectivity index (χ0v) is 20.5. The molecule has 1 aliphatic heterocycles. The molecule has 1 aromatic carbocycles. The third-order valence-corrected chi connectivity index (χ3v) is 14.3. The summed E-state index contributed by atoms with van der Waals surface area (Å²) >= 11 is 4.06.